The van der Waals surface area contributed by atoms with Gasteiger partial charge in [-0.25, -0.2) is 4.98 Å². The van der Waals surface area contributed by atoms with Gasteiger partial charge in [0.2, 0.25) is 0 Å². The van der Waals surface area contributed by atoms with E-state index in [1.165, 1.54) is 0 Å². The topological polar surface area (TPSA) is 58.4 Å². The van der Waals surface area contributed by atoms with Gasteiger partial charge in [0, 0.05) is 23.7 Å². The van der Waals surface area contributed by atoms with E-state index in [1.54, 1.807) is 39.8 Å². The van der Waals surface area contributed by atoms with Crippen molar-refractivity contribution in [1.29, 1.82) is 0 Å². The molecule has 1 unspecified atom stereocenters. The number of rotatable bonds is 7. The SMILES string of the molecule is CC(c1nc2ccccc2c(=O)n1-c1ccccc1)N(CCN(C)C)C(=O)c1ccc(Cl)cc1. The average molecular weight is 475 g/mol. The lowest BCUT2D eigenvalue weighted by Crippen LogP contribution is -2.41. The van der Waals surface area contributed by atoms with Crippen molar-refractivity contribution in [1.82, 2.24) is 19.4 Å². The number of nitrogens with zero attached hydrogens (tertiary/aromatic N) is 4. The third kappa shape index (κ3) is 4.88. The molecule has 0 saturated carbocycles. The number of aromatic nitrogens is 2. The van der Waals surface area contributed by atoms with Gasteiger partial charge < -0.3 is 9.80 Å². The molecule has 6 nitrogen and oxygen atoms in total. The summed E-state index contributed by atoms with van der Waals surface area (Å²) in [7, 11) is 3.92. The van der Waals surface area contributed by atoms with Crippen LogP contribution < -0.4 is 5.56 Å². The van der Waals surface area contributed by atoms with E-state index in [2.05, 4.69) is 0 Å². The summed E-state index contributed by atoms with van der Waals surface area (Å²) in [6.07, 6.45) is 0. The summed E-state index contributed by atoms with van der Waals surface area (Å²) in [5.41, 5.74) is 1.68. The van der Waals surface area contributed by atoms with Crippen LogP contribution in [0.3, 0.4) is 0 Å². The molecule has 0 N–H and O–H groups in total. The van der Waals surface area contributed by atoms with Crippen molar-refractivity contribution in [3.05, 3.63) is 106 Å². The van der Waals surface area contributed by atoms with Gasteiger partial charge in [0.05, 0.1) is 22.6 Å². The third-order valence-corrected chi connectivity index (χ3v) is 6.05. The molecule has 0 radical (unpaired) electrons. The molecule has 0 aliphatic carbocycles. The van der Waals surface area contributed by atoms with Crippen molar-refractivity contribution < 1.29 is 4.79 Å². The smallest absolute Gasteiger partial charge is 0.266 e. The van der Waals surface area contributed by atoms with Gasteiger partial charge in [-0.05, 0) is 69.6 Å². The third-order valence-electron chi connectivity index (χ3n) is 5.80. The highest BCUT2D eigenvalue weighted by molar-refractivity contribution is 6.30. The summed E-state index contributed by atoms with van der Waals surface area (Å²) in [5, 5.41) is 1.10. The zero-order chi connectivity index (χ0) is 24.2. The fraction of sp³-hybridized carbons (Fsp3) is 0.222. The van der Waals surface area contributed by atoms with Crippen LogP contribution in [0, 0.1) is 0 Å². The van der Waals surface area contributed by atoms with Gasteiger partial charge in [0.15, 0.2) is 0 Å². The van der Waals surface area contributed by atoms with Gasteiger partial charge in [0.25, 0.3) is 11.5 Å². The first-order valence-electron chi connectivity index (χ1n) is 11.1. The number of carbonyl (C=O) groups is 1. The Labute approximate surface area is 204 Å². The molecule has 4 aromatic rings. The minimum Gasteiger partial charge on any atom is -0.327 e. The molecule has 4 rings (SSSR count). The van der Waals surface area contributed by atoms with Crippen LogP contribution in [-0.2, 0) is 0 Å². The number of carbonyl (C=O) groups excluding carboxylic acids is 1. The molecule has 34 heavy (non-hydrogen) atoms. The maximum Gasteiger partial charge on any atom is 0.266 e. The van der Waals surface area contributed by atoms with Crippen LogP contribution in [0.15, 0.2) is 83.7 Å². The first kappa shape index (κ1) is 23.7. The zero-order valence-electron chi connectivity index (χ0n) is 19.5. The Morgan fingerprint density at radius 3 is 2.26 bits per heavy atom. The summed E-state index contributed by atoms with van der Waals surface area (Å²) in [5.74, 6) is 0.365. The summed E-state index contributed by atoms with van der Waals surface area (Å²) in [6, 6.07) is 23.1. The molecule has 1 amide bonds. The Bertz CT molecular complexity index is 1350. The largest absolute Gasteiger partial charge is 0.327 e. The van der Waals surface area contributed by atoms with E-state index in [0.29, 0.717) is 46.1 Å². The van der Waals surface area contributed by atoms with E-state index in [-0.39, 0.29) is 11.5 Å². The van der Waals surface area contributed by atoms with Crippen molar-refractivity contribution in [2.45, 2.75) is 13.0 Å². The summed E-state index contributed by atoms with van der Waals surface area (Å²) in [6.45, 7) is 3.04. The Morgan fingerprint density at radius 1 is 0.941 bits per heavy atom. The molecule has 174 valence electrons. The van der Waals surface area contributed by atoms with E-state index in [9.17, 15) is 9.59 Å². The van der Waals surface area contributed by atoms with Gasteiger partial charge >= 0.3 is 0 Å². The lowest BCUT2D eigenvalue weighted by Gasteiger charge is -2.31. The van der Waals surface area contributed by atoms with Gasteiger partial charge in [-0.2, -0.15) is 0 Å². The quantitative estimate of drug-likeness (QED) is 0.386. The molecule has 1 heterocycles. The Hall–Kier alpha value is -3.48. The first-order valence-corrected chi connectivity index (χ1v) is 11.5. The average Bonchev–Trinajstić information content (AvgIpc) is 2.84. The number of amides is 1. The van der Waals surface area contributed by atoms with Gasteiger partial charge in [-0.3, -0.25) is 14.2 Å². The van der Waals surface area contributed by atoms with E-state index in [4.69, 9.17) is 16.6 Å². The van der Waals surface area contributed by atoms with E-state index in [0.717, 1.165) is 0 Å². The number of fused-ring (bicyclic) bond motifs is 1. The van der Waals surface area contributed by atoms with Crippen LogP contribution in [0.5, 0.6) is 0 Å². The number of benzene rings is 3. The summed E-state index contributed by atoms with van der Waals surface area (Å²) < 4.78 is 1.62. The molecule has 3 aromatic carbocycles. The minimum atomic E-state index is -0.472. The van der Waals surface area contributed by atoms with Crippen molar-refractivity contribution >= 4 is 28.4 Å². The van der Waals surface area contributed by atoms with Crippen LogP contribution in [0.1, 0.15) is 29.1 Å². The molecule has 0 bridgehead atoms. The molecule has 0 aliphatic rings. The highest BCUT2D eigenvalue weighted by atomic mass is 35.5. The monoisotopic (exact) mass is 474 g/mol. The second-order valence-corrected chi connectivity index (χ2v) is 8.88. The number of halogens is 1. The minimum absolute atomic E-state index is 0.145. The maximum atomic E-state index is 13.6. The number of para-hydroxylation sites is 2. The van der Waals surface area contributed by atoms with Gasteiger partial charge in [-0.15, -0.1) is 0 Å². The van der Waals surface area contributed by atoms with Crippen LogP contribution in [0.25, 0.3) is 16.6 Å². The number of hydrogen-bond acceptors (Lipinski definition) is 4. The first-order chi connectivity index (χ1) is 16.4. The van der Waals surface area contributed by atoms with Crippen LogP contribution in [0.4, 0.5) is 0 Å². The van der Waals surface area contributed by atoms with E-state index < -0.39 is 6.04 Å². The van der Waals surface area contributed by atoms with Crippen molar-refractivity contribution in [3.63, 3.8) is 0 Å². The standard InChI is InChI=1S/C27H27ClN4O2/c1-19(31(18-17-30(2)3)26(33)20-13-15-21(28)16-14-20)25-29-24-12-8-7-11-23(24)27(34)32(25)22-9-5-4-6-10-22/h4-16,19H,17-18H2,1-3H3. The normalized spacial score (nSPS) is 12.1. The van der Waals surface area contributed by atoms with Gasteiger partial charge in [0.1, 0.15) is 5.82 Å². The number of likely N-dealkylation sites (N-methyl/N-ethyl adjacent to an activating group) is 1. The zero-order valence-corrected chi connectivity index (χ0v) is 20.2. The molecule has 0 spiro atoms. The molecule has 7 heteroatoms. The summed E-state index contributed by atoms with van der Waals surface area (Å²) in [4.78, 5) is 35.9. The second kappa shape index (κ2) is 10.2. The highest BCUT2D eigenvalue weighted by Gasteiger charge is 2.27. The molecule has 0 aliphatic heterocycles. The lowest BCUT2D eigenvalue weighted by molar-refractivity contribution is 0.0667. The predicted octanol–water partition coefficient (Wildman–Crippen LogP) is 4.80. The highest BCUT2D eigenvalue weighted by Crippen LogP contribution is 2.25. The fourth-order valence-corrected chi connectivity index (χ4v) is 4.06. The Morgan fingerprint density at radius 2 is 1.59 bits per heavy atom. The van der Waals surface area contributed by atoms with Crippen molar-refractivity contribution in [3.8, 4) is 5.69 Å². The Kier molecular flexibility index (Phi) is 7.10. The molecular formula is C27H27ClN4O2. The fourth-order valence-electron chi connectivity index (χ4n) is 3.93. The van der Waals surface area contributed by atoms with Gasteiger partial charge in [-0.1, -0.05) is 41.9 Å². The number of hydrogen-bond donors (Lipinski definition) is 0. The predicted molar refractivity (Wildman–Crippen MR) is 137 cm³/mol. The second-order valence-electron chi connectivity index (χ2n) is 8.45. The molecule has 1 aromatic heterocycles. The van der Waals surface area contributed by atoms with Crippen LogP contribution in [-0.4, -0.2) is 52.4 Å². The van der Waals surface area contributed by atoms with Crippen LogP contribution >= 0.6 is 11.6 Å². The maximum absolute atomic E-state index is 13.6. The molecule has 1 atom stereocenters. The molecular weight excluding hydrogens is 448 g/mol. The van der Waals surface area contributed by atoms with Crippen molar-refractivity contribution in [2.24, 2.45) is 0 Å². The molecule has 0 saturated heterocycles. The van der Waals surface area contributed by atoms with E-state index >= 15 is 0 Å². The van der Waals surface area contributed by atoms with E-state index in [1.807, 2.05) is 74.4 Å². The lowest BCUT2D eigenvalue weighted by atomic mass is 10.1. The summed E-state index contributed by atoms with van der Waals surface area (Å²) >= 11 is 6.04. The van der Waals surface area contributed by atoms with Crippen molar-refractivity contribution in [2.75, 3.05) is 27.2 Å². The molecule has 0 fully saturated rings. The Balaban J connectivity index is 1.88. The van der Waals surface area contributed by atoms with Crippen LogP contribution in [0.2, 0.25) is 5.02 Å².